The van der Waals surface area contributed by atoms with E-state index in [2.05, 4.69) is 24.1 Å². The molecule has 1 aliphatic rings. The van der Waals surface area contributed by atoms with Gasteiger partial charge < -0.3 is 15.1 Å². The van der Waals surface area contributed by atoms with Crippen molar-refractivity contribution < 1.29 is 14.0 Å². The molecule has 38 heavy (non-hydrogen) atoms. The molecule has 4 rings (SSSR count). The Bertz CT molecular complexity index is 1310. The molecule has 0 saturated carbocycles. The Morgan fingerprint density at radius 1 is 1.05 bits per heavy atom. The first-order valence-electron chi connectivity index (χ1n) is 13.3. The van der Waals surface area contributed by atoms with Gasteiger partial charge in [-0.15, -0.1) is 0 Å². The minimum Gasteiger partial charge on any atom is -0.322 e. The van der Waals surface area contributed by atoms with Gasteiger partial charge in [0.05, 0.1) is 10.6 Å². The number of fused-ring (bicyclic) bond motifs is 1. The van der Waals surface area contributed by atoms with Gasteiger partial charge in [-0.3, -0.25) is 9.59 Å². The van der Waals surface area contributed by atoms with E-state index in [1.165, 1.54) is 6.07 Å². The molecule has 0 radical (unpaired) electrons. The number of carbonyl (C=O) groups is 2. The molecule has 0 fully saturated rings. The first kappa shape index (κ1) is 27.8. The number of nitrogens with zero attached hydrogens (tertiary/aromatic N) is 2. The van der Waals surface area contributed by atoms with E-state index in [9.17, 15) is 14.0 Å². The largest absolute Gasteiger partial charge is 0.322 e. The first-order chi connectivity index (χ1) is 18.3. The van der Waals surface area contributed by atoms with Crippen LogP contribution in [-0.4, -0.2) is 42.9 Å². The molecule has 3 aromatic carbocycles. The lowest BCUT2D eigenvalue weighted by molar-refractivity contribution is 0.0985. The third kappa shape index (κ3) is 6.25. The lowest BCUT2D eigenvalue weighted by Crippen LogP contribution is -2.32. The lowest BCUT2D eigenvalue weighted by Gasteiger charge is -2.26. The Morgan fingerprint density at radius 3 is 2.53 bits per heavy atom. The van der Waals surface area contributed by atoms with Gasteiger partial charge in [-0.25, -0.2) is 4.39 Å². The molecule has 5 nitrogen and oxygen atoms in total. The summed E-state index contributed by atoms with van der Waals surface area (Å²) in [6.07, 6.45) is 2.68. The van der Waals surface area contributed by atoms with E-state index in [-0.39, 0.29) is 23.5 Å². The number of amides is 2. The van der Waals surface area contributed by atoms with Crippen LogP contribution in [0.5, 0.6) is 0 Å². The maximum atomic E-state index is 14.4. The molecule has 0 bridgehead atoms. The number of hydrogen-bond donors (Lipinski definition) is 1. The molecule has 1 unspecified atom stereocenters. The van der Waals surface area contributed by atoms with Crippen molar-refractivity contribution in [2.75, 3.05) is 36.4 Å². The van der Waals surface area contributed by atoms with Gasteiger partial charge in [0.1, 0.15) is 5.82 Å². The molecule has 200 valence electrons. The quantitative estimate of drug-likeness (QED) is 0.329. The molecule has 2 amide bonds. The minimum atomic E-state index is -0.312. The number of aryl methyl sites for hydroxylation is 1. The van der Waals surface area contributed by atoms with Crippen molar-refractivity contribution in [1.29, 1.82) is 0 Å². The van der Waals surface area contributed by atoms with E-state index in [4.69, 9.17) is 11.6 Å². The van der Waals surface area contributed by atoms with Crippen LogP contribution in [-0.2, 0) is 0 Å². The number of benzene rings is 3. The fourth-order valence-corrected chi connectivity index (χ4v) is 5.45. The van der Waals surface area contributed by atoms with Gasteiger partial charge in [0.25, 0.3) is 11.8 Å². The molecule has 0 aliphatic carbocycles. The zero-order chi connectivity index (χ0) is 27.2. The Balaban J connectivity index is 1.56. The van der Waals surface area contributed by atoms with E-state index in [0.29, 0.717) is 28.4 Å². The van der Waals surface area contributed by atoms with Gasteiger partial charge in [-0.05, 0) is 111 Å². The average molecular weight is 536 g/mol. The highest BCUT2D eigenvalue weighted by atomic mass is 35.5. The number of anilines is 2. The summed E-state index contributed by atoms with van der Waals surface area (Å²) in [5, 5.41) is 3.24. The van der Waals surface area contributed by atoms with Gasteiger partial charge in [0, 0.05) is 23.5 Å². The molecule has 0 spiro atoms. The number of hydrogen-bond acceptors (Lipinski definition) is 3. The Morgan fingerprint density at radius 2 is 1.82 bits per heavy atom. The van der Waals surface area contributed by atoms with E-state index in [1.54, 1.807) is 59.5 Å². The topological polar surface area (TPSA) is 52.6 Å². The highest BCUT2D eigenvalue weighted by Gasteiger charge is 2.28. The van der Waals surface area contributed by atoms with Crippen molar-refractivity contribution in [2.45, 2.75) is 46.0 Å². The molecule has 0 saturated heterocycles. The maximum Gasteiger partial charge on any atom is 0.258 e. The van der Waals surface area contributed by atoms with Crippen molar-refractivity contribution in [2.24, 2.45) is 0 Å². The summed E-state index contributed by atoms with van der Waals surface area (Å²) in [5.41, 5.74) is 3.96. The van der Waals surface area contributed by atoms with Crippen molar-refractivity contribution in [3.8, 4) is 0 Å². The summed E-state index contributed by atoms with van der Waals surface area (Å²) in [6, 6.07) is 16.9. The minimum absolute atomic E-state index is 0.122. The van der Waals surface area contributed by atoms with Gasteiger partial charge in [0.2, 0.25) is 0 Å². The smallest absolute Gasteiger partial charge is 0.258 e. The normalized spacial score (nSPS) is 15.2. The van der Waals surface area contributed by atoms with Gasteiger partial charge in [-0.2, -0.15) is 0 Å². The van der Waals surface area contributed by atoms with Crippen LogP contribution in [0, 0.1) is 12.7 Å². The molecule has 3 aromatic rings. The van der Waals surface area contributed by atoms with Crippen molar-refractivity contribution in [1.82, 2.24) is 4.90 Å². The Kier molecular flexibility index (Phi) is 9.18. The molecule has 0 aromatic heterocycles. The van der Waals surface area contributed by atoms with Crippen molar-refractivity contribution >= 4 is 34.8 Å². The molecular weight excluding hydrogens is 501 g/mol. The molecular formula is C31H35ClFN3O2. The van der Waals surface area contributed by atoms with Crippen LogP contribution in [0.3, 0.4) is 0 Å². The van der Waals surface area contributed by atoms with Crippen LogP contribution in [0.25, 0.3) is 0 Å². The molecule has 1 heterocycles. The molecule has 7 heteroatoms. The van der Waals surface area contributed by atoms with Gasteiger partial charge in [0.15, 0.2) is 0 Å². The van der Waals surface area contributed by atoms with E-state index >= 15 is 0 Å². The van der Waals surface area contributed by atoms with Crippen LogP contribution in [0.15, 0.2) is 60.7 Å². The fourth-order valence-electron chi connectivity index (χ4n) is 5.23. The molecule has 1 aliphatic heterocycles. The van der Waals surface area contributed by atoms with Crippen LogP contribution >= 0.6 is 11.6 Å². The fraction of sp³-hybridized carbons (Fsp3) is 0.355. The second-order valence-corrected chi connectivity index (χ2v) is 10.2. The Hall–Kier alpha value is -3.22. The van der Waals surface area contributed by atoms with Crippen LogP contribution < -0.4 is 10.2 Å². The summed E-state index contributed by atoms with van der Waals surface area (Å²) in [4.78, 5) is 30.6. The van der Waals surface area contributed by atoms with E-state index in [1.807, 2.05) is 6.92 Å². The maximum absolute atomic E-state index is 14.4. The number of halogens is 2. The number of rotatable bonds is 8. The zero-order valence-corrected chi connectivity index (χ0v) is 23.0. The van der Waals surface area contributed by atoms with Crippen LogP contribution in [0.1, 0.15) is 70.9 Å². The first-order valence-corrected chi connectivity index (χ1v) is 13.7. The predicted molar refractivity (Wildman–Crippen MR) is 153 cm³/mol. The summed E-state index contributed by atoms with van der Waals surface area (Å²) in [7, 11) is 0. The third-order valence-corrected chi connectivity index (χ3v) is 7.75. The molecule has 1 N–H and O–H groups in total. The standard InChI is InChI=1S/C31H35ClFN3O2/c1-4-35(5-2)18-16-22-9-8-17-36(29-15-12-23(33)20-27(22)29)31(38)25-14-13-24(19-21(25)3)34-30(37)26-10-6-7-11-28(26)32/h6-7,10-15,19-20,22H,4-5,8-9,16-18H2,1-3H3,(H,34,37). The predicted octanol–water partition coefficient (Wildman–Crippen LogP) is 7.30. The van der Waals surface area contributed by atoms with Gasteiger partial charge >= 0.3 is 0 Å². The molecule has 1 atom stereocenters. The highest BCUT2D eigenvalue weighted by Crippen LogP contribution is 2.38. The number of nitrogens with one attached hydrogen (secondary N) is 1. The highest BCUT2D eigenvalue weighted by molar-refractivity contribution is 6.34. The van der Waals surface area contributed by atoms with Crippen LogP contribution in [0.4, 0.5) is 15.8 Å². The SMILES string of the molecule is CCN(CC)CCC1CCCN(C(=O)c2ccc(NC(=O)c3ccccc3Cl)cc2C)c2ccc(F)cc21. The van der Waals surface area contributed by atoms with E-state index in [0.717, 1.165) is 55.7 Å². The van der Waals surface area contributed by atoms with Gasteiger partial charge in [-0.1, -0.05) is 37.6 Å². The van der Waals surface area contributed by atoms with E-state index < -0.39 is 0 Å². The van der Waals surface area contributed by atoms with Crippen molar-refractivity contribution in [3.05, 3.63) is 93.8 Å². The second kappa shape index (κ2) is 12.5. The summed E-state index contributed by atoms with van der Waals surface area (Å²) in [6.45, 7) is 9.65. The monoisotopic (exact) mass is 535 g/mol. The lowest BCUT2D eigenvalue weighted by atomic mass is 9.90. The summed E-state index contributed by atoms with van der Waals surface area (Å²) in [5.74, 6) is -0.514. The Labute approximate surface area is 229 Å². The summed E-state index contributed by atoms with van der Waals surface area (Å²) < 4.78 is 14.4. The average Bonchev–Trinajstić information content (AvgIpc) is 3.08. The summed E-state index contributed by atoms with van der Waals surface area (Å²) >= 11 is 6.16. The second-order valence-electron chi connectivity index (χ2n) is 9.78. The zero-order valence-electron chi connectivity index (χ0n) is 22.3. The number of carbonyl (C=O) groups excluding carboxylic acids is 2. The van der Waals surface area contributed by atoms with Crippen molar-refractivity contribution in [3.63, 3.8) is 0 Å². The van der Waals surface area contributed by atoms with Crippen LogP contribution in [0.2, 0.25) is 5.02 Å². The third-order valence-electron chi connectivity index (χ3n) is 7.42.